The van der Waals surface area contributed by atoms with E-state index in [0.717, 1.165) is 6.42 Å². The van der Waals surface area contributed by atoms with Crippen LogP contribution in [-0.4, -0.2) is 11.1 Å². The standard InChI is InChI=1S/C8H17ISi.C4H6/c1-8(9)6-4-5-7-10(8,2)3;1-3-4-2/h4-7H2,1-3H3;1H,4H2,2H3. The summed E-state index contributed by atoms with van der Waals surface area (Å²) in [5, 5.41) is 0. The van der Waals surface area contributed by atoms with E-state index in [1.165, 1.54) is 19.3 Å². The maximum Gasteiger partial charge on any atom is 0.0651 e. The first-order valence-electron chi connectivity index (χ1n) is 5.50. The van der Waals surface area contributed by atoms with Crippen molar-refractivity contribution >= 4 is 30.7 Å². The van der Waals surface area contributed by atoms with E-state index in [-0.39, 0.29) is 0 Å². The summed E-state index contributed by atoms with van der Waals surface area (Å²) in [4.78, 5) is 0. The van der Waals surface area contributed by atoms with Crippen molar-refractivity contribution in [2.24, 2.45) is 0 Å². The molecule has 0 amide bonds. The van der Waals surface area contributed by atoms with Gasteiger partial charge in [0.1, 0.15) is 0 Å². The van der Waals surface area contributed by atoms with Gasteiger partial charge in [-0.1, -0.05) is 68.4 Å². The minimum atomic E-state index is -0.831. The van der Waals surface area contributed by atoms with Crippen LogP contribution in [0.3, 0.4) is 0 Å². The third-order valence-corrected chi connectivity index (χ3v) is 12.9. The minimum absolute atomic E-state index is 0.684. The van der Waals surface area contributed by atoms with Gasteiger partial charge in [0, 0.05) is 9.47 Å². The van der Waals surface area contributed by atoms with Gasteiger partial charge in [-0.05, 0) is 6.42 Å². The van der Waals surface area contributed by atoms with Crippen LogP contribution in [0.5, 0.6) is 0 Å². The fraction of sp³-hybridized carbons (Fsp3) is 0.833. The monoisotopic (exact) mass is 322 g/mol. The molecule has 0 radical (unpaired) electrons. The van der Waals surface area contributed by atoms with Gasteiger partial charge in [0.2, 0.25) is 0 Å². The predicted octanol–water partition coefficient (Wildman–Crippen LogP) is 4.64. The van der Waals surface area contributed by atoms with Gasteiger partial charge in [-0.3, -0.25) is 0 Å². The molecule has 0 aromatic carbocycles. The second-order valence-corrected chi connectivity index (χ2v) is 13.6. The Balaban J connectivity index is 0.000000364. The average Bonchev–Trinajstić information content (AvgIpc) is 2.11. The van der Waals surface area contributed by atoms with E-state index < -0.39 is 8.07 Å². The Kier molecular flexibility index (Phi) is 6.39. The van der Waals surface area contributed by atoms with Crippen LogP contribution in [0, 0.1) is 12.3 Å². The van der Waals surface area contributed by atoms with Gasteiger partial charge in [0.25, 0.3) is 0 Å². The molecule has 1 rings (SSSR count). The third kappa shape index (κ3) is 4.35. The number of hydrogen-bond acceptors (Lipinski definition) is 0. The highest BCUT2D eigenvalue weighted by molar-refractivity contribution is 14.1. The predicted molar refractivity (Wildman–Crippen MR) is 77.7 cm³/mol. The van der Waals surface area contributed by atoms with Gasteiger partial charge >= 0.3 is 0 Å². The lowest BCUT2D eigenvalue weighted by Crippen LogP contribution is -2.49. The Hall–Kier alpha value is 0.507. The van der Waals surface area contributed by atoms with Gasteiger partial charge in [0.15, 0.2) is 0 Å². The first kappa shape index (κ1) is 14.5. The zero-order valence-corrected chi connectivity index (χ0v) is 13.1. The summed E-state index contributed by atoms with van der Waals surface area (Å²) in [5.41, 5.74) is 0. The Morgan fingerprint density at radius 2 is 1.93 bits per heavy atom. The largest absolute Gasteiger partial charge is 0.120 e. The second kappa shape index (κ2) is 6.17. The van der Waals surface area contributed by atoms with E-state index in [2.05, 4.69) is 48.5 Å². The molecule has 0 saturated carbocycles. The highest BCUT2D eigenvalue weighted by Gasteiger charge is 2.41. The summed E-state index contributed by atoms with van der Waals surface area (Å²) in [6, 6.07) is 1.55. The first-order valence-corrected chi connectivity index (χ1v) is 9.78. The topological polar surface area (TPSA) is 0 Å². The average molecular weight is 322 g/mol. The zero-order chi connectivity index (χ0) is 11.2. The highest BCUT2D eigenvalue weighted by atomic mass is 127. The summed E-state index contributed by atoms with van der Waals surface area (Å²) in [7, 11) is -0.831. The quantitative estimate of drug-likeness (QED) is 0.264. The highest BCUT2D eigenvalue weighted by Crippen LogP contribution is 2.42. The van der Waals surface area contributed by atoms with E-state index in [9.17, 15) is 0 Å². The van der Waals surface area contributed by atoms with Gasteiger partial charge in [-0.25, -0.2) is 0 Å². The molecule has 1 aliphatic rings. The van der Waals surface area contributed by atoms with Crippen molar-refractivity contribution in [2.75, 3.05) is 0 Å². The number of halogens is 1. The smallest absolute Gasteiger partial charge is 0.0651 e. The molecule has 1 unspecified atom stereocenters. The number of terminal acetylenes is 1. The second-order valence-electron chi connectivity index (χ2n) is 4.85. The van der Waals surface area contributed by atoms with Crippen LogP contribution in [0.25, 0.3) is 0 Å². The molecule has 0 spiro atoms. The zero-order valence-electron chi connectivity index (χ0n) is 9.99. The van der Waals surface area contributed by atoms with Crippen LogP contribution in [-0.2, 0) is 0 Å². The van der Waals surface area contributed by atoms with Crippen molar-refractivity contribution in [1.29, 1.82) is 0 Å². The van der Waals surface area contributed by atoms with E-state index in [1.807, 2.05) is 6.92 Å². The van der Waals surface area contributed by atoms with Crippen LogP contribution in [0.4, 0.5) is 0 Å². The number of alkyl halides is 1. The van der Waals surface area contributed by atoms with Crippen LogP contribution < -0.4 is 0 Å². The van der Waals surface area contributed by atoms with Crippen molar-refractivity contribution in [2.45, 2.75) is 61.7 Å². The Morgan fingerprint density at radius 3 is 2.14 bits per heavy atom. The molecule has 1 heterocycles. The van der Waals surface area contributed by atoms with Crippen LogP contribution in [0.1, 0.15) is 39.5 Å². The van der Waals surface area contributed by atoms with Crippen LogP contribution in [0.15, 0.2) is 0 Å². The molecule has 14 heavy (non-hydrogen) atoms. The van der Waals surface area contributed by atoms with Gasteiger partial charge in [-0.2, -0.15) is 0 Å². The van der Waals surface area contributed by atoms with Crippen molar-refractivity contribution in [3.05, 3.63) is 0 Å². The van der Waals surface area contributed by atoms with E-state index in [0.29, 0.717) is 3.04 Å². The Labute approximate surface area is 104 Å². The summed E-state index contributed by atoms with van der Waals surface area (Å²) in [5.74, 6) is 2.43. The Morgan fingerprint density at radius 1 is 1.43 bits per heavy atom. The number of hydrogen-bond donors (Lipinski definition) is 0. The molecule has 0 bridgehead atoms. The van der Waals surface area contributed by atoms with Crippen molar-refractivity contribution in [1.82, 2.24) is 0 Å². The molecule has 82 valence electrons. The van der Waals surface area contributed by atoms with E-state index in [4.69, 9.17) is 6.42 Å². The molecule has 2 heteroatoms. The molecule has 0 N–H and O–H groups in total. The van der Waals surface area contributed by atoms with Gasteiger partial charge in [-0.15, -0.1) is 12.3 Å². The maximum absolute atomic E-state index is 4.78. The Bertz CT molecular complexity index is 185. The first-order chi connectivity index (χ1) is 6.37. The van der Waals surface area contributed by atoms with E-state index >= 15 is 0 Å². The van der Waals surface area contributed by atoms with Crippen LogP contribution in [0.2, 0.25) is 19.1 Å². The summed E-state index contributed by atoms with van der Waals surface area (Å²) >= 11 is 2.70. The molecule has 0 aliphatic carbocycles. The molecule has 1 saturated heterocycles. The lowest BCUT2D eigenvalue weighted by Gasteiger charge is -2.42. The van der Waals surface area contributed by atoms with E-state index in [1.54, 1.807) is 6.04 Å². The van der Waals surface area contributed by atoms with Gasteiger partial charge < -0.3 is 0 Å². The lowest BCUT2D eigenvalue weighted by atomic mass is 10.2. The fourth-order valence-electron chi connectivity index (χ4n) is 1.62. The van der Waals surface area contributed by atoms with Crippen molar-refractivity contribution < 1.29 is 0 Å². The molecule has 0 nitrogen and oxygen atoms in total. The minimum Gasteiger partial charge on any atom is -0.120 e. The summed E-state index contributed by atoms with van der Waals surface area (Å²) in [6.45, 7) is 9.48. The fourth-order valence-corrected chi connectivity index (χ4v) is 5.32. The summed E-state index contributed by atoms with van der Waals surface area (Å²) in [6.07, 6.45) is 10.1. The normalized spacial score (nSPS) is 29.7. The summed E-state index contributed by atoms with van der Waals surface area (Å²) < 4.78 is 0.684. The number of rotatable bonds is 0. The third-order valence-electron chi connectivity index (χ3n) is 3.31. The van der Waals surface area contributed by atoms with Crippen LogP contribution >= 0.6 is 22.6 Å². The van der Waals surface area contributed by atoms with Crippen molar-refractivity contribution in [3.8, 4) is 12.3 Å². The molecular weight excluding hydrogens is 299 g/mol. The molecule has 1 fully saturated rings. The maximum atomic E-state index is 4.78. The van der Waals surface area contributed by atoms with Crippen molar-refractivity contribution in [3.63, 3.8) is 0 Å². The molecule has 1 aliphatic heterocycles. The van der Waals surface area contributed by atoms with Gasteiger partial charge in [0.05, 0.1) is 8.07 Å². The molecule has 1 atom stereocenters. The molecule has 0 aromatic rings. The molecule has 0 aromatic heterocycles. The lowest BCUT2D eigenvalue weighted by molar-refractivity contribution is 0.628. The SMILES string of the molecule is C#CCC.CC1(I)CCCC[Si]1(C)C. The molecular formula is C12H23ISi.